The number of benzene rings is 1. The first-order valence-electron chi connectivity index (χ1n) is 8.74. The van der Waals surface area contributed by atoms with Crippen LogP contribution >= 0.6 is 0 Å². The number of carboxylic acid groups (broad SMARTS) is 1. The maximum atomic E-state index is 12.7. The Balaban J connectivity index is 1.63. The van der Waals surface area contributed by atoms with Crippen molar-refractivity contribution in [2.45, 2.75) is 25.3 Å². The molecule has 0 aliphatic carbocycles. The Kier molecular flexibility index (Phi) is 5.29. The van der Waals surface area contributed by atoms with E-state index in [1.165, 1.54) is 4.90 Å². The third-order valence-electron chi connectivity index (χ3n) is 4.94. The summed E-state index contributed by atoms with van der Waals surface area (Å²) >= 11 is 0. The molecule has 8 nitrogen and oxygen atoms in total. The minimum Gasteiger partial charge on any atom is -0.495 e. The van der Waals surface area contributed by atoms with Gasteiger partial charge in [-0.15, -0.1) is 0 Å². The molecule has 0 spiro atoms. The topological polar surface area (TPSA) is 99.2 Å². The highest BCUT2D eigenvalue weighted by atomic mass is 16.5. The lowest BCUT2D eigenvalue weighted by molar-refractivity contribution is -0.143. The number of hydrogen-bond donors (Lipinski definition) is 2. The van der Waals surface area contributed by atoms with Crippen molar-refractivity contribution in [3.63, 3.8) is 0 Å². The molecule has 1 aromatic carbocycles. The fourth-order valence-electron chi connectivity index (χ4n) is 3.51. The summed E-state index contributed by atoms with van der Waals surface area (Å²) in [4.78, 5) is 39.4. The van der Waals surface area contributed by atoms with Crippen LogP contribution in [0.5, 0.6) is 5.75 Å². The number of nitrogens with one attached hydrogen (secondary N) is 1. The van der Waals surface area contributed by atoms with Crippen LogP contribution in [0.1, 0.15) is 19.3 Å². The molecule has 0 saturated carbocycles. The molecule has 0 radical (unpaired) electrons. The third-order valence-corrected chi connectivity index (χ3v) is 4.94. The second kappa shape index (κ2) is 7.63. The van der Waals surface area contributed by atoms with Gasteiger partial charge in [-0.05, 0) is 31.4 Å². The number of urea groups is 1. The fourth-order valence-corrected chi connectivity index (χ4v) is 3.51. The first kappa shape index (κ1) is 18.0. The zero-order chi connectivity index (χ0) is 18.7. The molecule has 26 heavy (non-hydrogen) atoms. The summed E-state index contributed by atoms with van der Waals surface area (Å²) in [5.74, 6) is -1.01. The number of methoxy groups -OCH3 is 1. The normalized spacial score (nSPS) is 23.0. The lowest BCUT2D eigenvalue weighted by atomic mass is 9.99. The third kappa shape index (κ3) is 3.58. The highest BCUT2D eigenvalue weighted by Gasteiger charge is 2.36. The van der Waals surface area contributed by atoms with E-state index < -0.39 is 17.9 Å². The van der Waals surface area contributed by atoms with E-state index in [9.17, 15) is 14.4 Å². The van der Waals surface area contributed by atoms with Crippen LogP contribution in [0.25, 0.3) is 0 Å². The number of carbonyl (C=O) groups is 3. The lowest BCUT2D eigenvalue weighted by Gasteiger charge is -2.31. The monoisotopic (exact) mass is 361 g/mol. The Morgan fingerprint density at radius 2 is 2.00 bits per heavy atom. The Hall–Kier alpha value is -2.77. The summed E-state index contributed by atoms with van der Waals surface area (Å²) in [6.45, 7) is 1.17. The van der Waals surface area contributed by atoms with Crippen molar-refractivity contribution in [3.05, 3.63) is 24.3 Å². The summed E-state index contributed by atoms with van der Waals surface area (Å²) in [6.07, 6.45) is 1.72. The smallest absolute Gasteiger partial charge is 0.318 e. The van der Waals surface area contributed by atoms with E-state index in [1.54, 1.807) is 18.1 Å². The molecule has 2 aliphatic heterocycles. The van der Waals surface area contributed by atoms with Crippen LogP contribution in [0.3, 0.4) is 0 Å². The van der Waals surface area contributed by atoms with Gasteiger partial charge >= 0.3 is 12.0 Å². The van der Waals surface area contributed by atoms with E-state index in [1.807, 2.05) is 18.2 Å². The first-order chi connectivity index (χ1) is 12.5. The molecule has 2 unspecified atom stereocenters. The summed E-state index contributed by atoms with van der Waals surface area (Å²) < 4.78 is 5.31. The van der Waals surface area contributed by atoms with Crippen LogP contribution in [-0.2, 0) is 9.59 Å². The molecule has 8 heteroatoms. The van der Waals surface area contributed by atoms with Gasteiger partial charge in [-0.1, -0.05) is 12.1 Å². The van der Waals surface area contributed by atoms with E-state index >= 15 is 0 Å². The van der Waals surface area contributed by atoms with Crippen LogP contribution in [0, 0.1) is 5.92 Å². The average Bonchev–Trinajstić information content (AvgIpc) is 3.02. The Bertz CT molecular complexity index is 708. The Morgan fingerprint density at radius 3 is 2.73 bits per heavy atom. The summed E-state index contributed by atoms with van der Waals surface area (Å²) in [5, 5.41) is 11.9. The van der Waals surface area contributed by atoms with Crippen LogP contribution in [0.15, 0.2) is 24.3 Å². The van der Waals surface area contributed by atoms with Crippen molar-refractivity contribution in [1.29, 1.82) is 0 Å². The van der Waals surface area contributed by atoms with Crippen LogP contribution in [0.4, 0.5) is 10.5 Å². The first-order valence-corrected chi connectivity index (χ1v) is 8.74. The molecular weight excluding hydrogens is 338 g/mol. The van der Waals surface area contributed by atoms with Gasteiger partial charge in [0.25, 0.3) is 0 Å². The minimum absolute atomic E-state index is 0.179. The molecular formula is C18H23N3O5. The molecule has 140 valence electrons. The van der Waals surface area contributed by atoms with E-state index in [0.717, 1.165) is 0 Å². The highest BCUT2D eigenvalue weighted by Crippen LogP contribution is 2.31. The van der Waals surface area contributed by atoms with Crippen molar-refractivity contribution in [2.75, 3.05) is 31.6 Å². The molecule has 2 atom stereocenters. The molecule has 0 bridgehead atoms. The standard InChI is InChI=1S/C18H23N3O5/c1-26-15-7-3-2-6-14(15)21-10-8-13(16(21)22)19-18(25)20-9-4-5-12(11-20)17(23)24/h2-3,6-7,12-13H,4-5,8-11H2,1H3,(H,19,25)(H,23,24). The number of carboxylic acids is 1. The number of piperidine rings is 1. The lowest BCUT2D eigenvalue weighted by Crippen LogP contribution is -2.51. The van der Waals surface area contributed by atoms with Gasteiger partial charge in [0.05, 0.1) is 18.7 Å². The van der Waals surface area contributed by atoms with Gasteiger partial charge in [0, 0.05) is 19.6 Å². The summed E-state index contributed by atoms with van der Waals surface area (Å²) in [7, 11) is 1.55. The van der Waals surface area contributed by atoms with Gasteiger partial charge in [0.15, 0.2) is 0 Å². The number of amides is 3. The van der Waals surface area contributed by atoms with Crippen molar-refractivity contribution in [3.8, 4) is 5.75 Å². The number of anilines is 1. The van der Waals surface area contributed by atoms with Crippen LogP contribution in [0.2, 0.25) is 0 Å². The maximum Gasteiger partial charge on any atom is 0.318 e. The second-order valence-corrected chi connectivity index (χ2v) is 6.58. The van der Waals surface area contributed by atoms with Crippen molar-refractivity contribution < 1.29 is 24.2 Å². The zero-order valence-electron chi connectivity index (χ0n) is 14.7. The van der Waals surface area contributed by atoms with Crippen molar-refractivity contribution >= 4 is 23.6 Å². The van der Waals surface area contributed by atoms with Gasteiger partial charge < -0.3 is 25.0 Å². The summed E-state index contributed by atoms with van der Waals surface area (Å²) in [6, 6.07) is 6.26. The molecule has 2 saturated heterocycles. The number of hydrogen-bond acceptors (Lipinski definition) is 4. The predicted octanol–water partition coefficient (Wildman–Crippen LogP) is 1.31. The van der Waals surface area contributed by atoms with E-state index in [-0.39, 0.29) is 18.5 Å². The SMILES string of the molecule is COc1ccccc1N1CCC(NC(=O)N2CCCC(C(=O)O)C2)C1=O. The second-order valence-electron chi connectivity index (χ2n) is 6.58. The van der Waals surface area contributed by atoms with E-state index in [0.29, 0.717) is 43.8 Å². The number of rotatable bonds is 4. The van der Waals surface area contributed by atoms with Crippen LogP contribution < -0.4 is 15.0 Å². The molecule has 3 rings (SSSR count). The number of para-hydroxylation sites is 2. The summed E-state index contributed by atoms with van der Waals surface area (Å²) in [5.41, 5.74) is 0.681. The van der Waals surface area contributed by atoms with Gasteiger partial charge in [-0.25, -0.2) is 4.79 Å². The predicted molar refractivity (Wildman–Crippen MR) is 94.2 cm³/mol. The molecule has 0 aromatic heterocycles. The molecule has 2 aliphatic rings. The molecule has 3 amide bonds. The van der Waals surface area contributed by atoms with Gasteiger partial charge in [-0.2, -0.15) is 0 Å². The largest absolute Gasteiger partial charge is 0.495 e. The number of likely N-dealkylation sites (tertiary alicyclic amines) is 1. The molecule has 1 aromatic rings. The van der Waals surface area contributed by atoms with Crippen molar-refractivity contribution in [1.82, 2.24) is 10.2 Å². The molecule has 2 heterocycles. The van der Waals surface area contributed by atoms with Gasteiger partial charge in [0.1, 0.15) is 11.8 Å². The van der Waals surface area contributed by atoms with E-state index in [4.69, 9.17) is 9.84 Å². The van der Waals surface area contributed by atoms with Crippen molar-refractivity contribution in [2.24, 2.45) is 5.92 Å². The maximum absolute atomic E-state index is 12.7. The zero-order valence-corrected chi connectivity index (χ0v) is 14.7. The van der Waals surface area contributed by atoms with Gasteiger partial charge in [0.2, 0.25) is 5.91 Å². The minimum atomic E-state index is -0.887. The quantitative estimate of drug-likeness (QED) is 0.842. The Morgan fingerprint density at radius 1 is 1.23 bits per heavy atom. The Labute approximate surface area is 151 Å². The average molecular weight is 361 g/mol. The number of ether oxygens (including phenoxy) is 1. The van der Waals surface area contributed by atoms with Crippen LogP contribution in [-0.4, -0.2) is 60.7 Å². The number of nitrogens with zero attached hydrogens (tertiary/aromatic N) is 2. The van der Waals surface area contributed by atoms with Gasteiger partial charge in [-0.3, -0.25) is 9.59 Å². The fraction of sp³-hybridized carbons (Fsp3) is 0.500. The van der Waals surface area contributed by atoms with E-state index in [2.05, 4.69) is 5.32 Å². The highest BCUT2D eigenvalue weighted by molar-refractivity contribution is 6.02. The molecule has 2 N–H and O–H groups in total. The number of aliphatic carboxylic acids is 1. The molecule has 2 fully saturated rings. The number of carbonyl (C=O) groups excluding carboxylic acids is 2.